The molecule has 7 heteroatoms. The molecule has 3 rings (SSSR count). The number of benzene rings is 1. The van der Waals surface area contributed by atoms with Crippen molar-refractivity contribution >= 4 is 6.03 Å². The summed E-state index contributed by atoms with van der Waals surface area (Å²) >= 11 is 0. The number of hydrogen-bond acceptors (Lipinski definition) is 4. The van der Waals surface area contributed by atoms with Crippen molar-refractivity contribution in [2.45, 2.75) is 25.7 Å². The lowest BCUT2D eigenvalue weighted by Gasteiger charge is -2.32. The molecule has 1 fully saturated rings. The number of carbonyl (C=O) groups is 1. The molecule has 6 nitrogen and oxygen atoms in total. The van der Waals surface area contributed by atoms with Gasteiger partial charge in [-0.1, -0.05) is 17.3 Å². The van der Waals surface area contributed by atoms with Crippen molar-refractivity contribution in [3.8, 4) is 11.4 Å². The topological polar surface area (TPSA) is 62.5 Å². The summed E-state index contributed by atoms with van der Waals surface area (Å²) in [7, 11) is 3.50. The summed E-state index contributed by atoms with van der Waals surface area (Å²) in [4.78, 5) is 19.8. The summed E-state index contributed by atoms with van der Waals surface area (Å²) in [5, 5.41) is 3.97. The van der Waals surface area contributed by atoms with E-state index in [0.717, 1.165) is 12.8 Å². The Hall–Kier alpha value is -2.44. The summed E-state index contributed by atoms with van der Waals surface area (Å²) < 4.78 is 19.1. The van der Waals surface area contributed by atoms with E-state index in [1.54, 1.807) is 38.1 Å². The van der Waals surface area contributed by atoms with Crippen molar-refractivity contribution in [2.75, 3.05) is 27.2 Å². The van der Waals surface area contributed by atoms with Crippen LogP contribution in [-0.4, -0.2) is 53.2 Å². The number of likely N-dealkylation sites (tertiary alicyclic amines) is 1. The highest BCUT2D eigenvalue weighted by atomic mass is 19.1. The number of nitrogens with zero attached hydrogens (tertiary/aromatic N) is 4. The quantitative estimate of drug-likeness (QED) is 0.848. The summed E-state index contributed by atoms with van der Waals surface area (Å²) in [6.45, 7) is 3.04. The highest BCUT2D eigenvalue weighted by Gasteiger charge is 2.28. The molecule has 1 aliphatic heterocycles. The third-order valence-corrected chi connectivity index (χ3v) is 4.37. The van der Waals surface area contributed by atoms with Gasteiger partial charge in [-0.25, -0.2) is 9.18 Å². The number of halogens is 1. The van der Waals surface area contributed by atoms with Gasteiger partial charge in [0.05, 0.1) is 0 Å². The Morgan fingerprint density at radius 3 is 2.67 bits per heavy atom. The fourth-order valence-electron chi connectivity index (χ4n) is 2.85. The lowest BCUT2D eigenvalue weighted by atomic mass is 9.97. The Labute approximate surface area is 140 Å². The number of piperidine rings is 1. The first-order chi connectivity index (χ1) is 11.5. The monoisotopic (exact) mass is 332 g/mol. The summed E-state index contributed by atoms with van der Waals surface area (Å²) in [5.41, 5.74) is 1.19. The zero-order valence-electron chi connectivity index (χ0n) is 14.1. The number of hydrogen-bond donors (Lipinski definition) is 0. The van der Waals surface area contributed by atoms with Gasteiger partial charge in [0.15, 0.2) is 0 Å². The second-order valence-electron chi connectivity index (χ2n) is 6.36. The molecular weight excluding hydrogens is 311 g/mol. The van der Waals surface area contributed by atoms with Gasteiger partial charge >= 0.3 is 6.03 Å². The molecule has 1 saturated heterocycles. The molecule has 0 radical (unpaired) electrons. The van der Waals surface area contributed by atoms with Crippen molar-refractivity contribution in [1.29, 1.82) is 0 Å². The van der Waals surface area contributed by atoms with Gasteiger partial charge < -0.3 is 14.3 Å². The van der Waals surface area contributed by atoms with Gasteiger partial charge in [-0.2, -0.15) is 4.98 Å². The van der Waals surface area contributed by atoms with Crippen molar-refractivity contribution in [1.82, 2.24) is 19.9 Å². The van der Waals surface area contributed by atoms with Crippen LogP contribution in [0.25, 0.3) is 11.4 Å². The standard InChI is InChI=1S/C17H21FN4O2/c1-11-4-5-13(10-14(11)18)15-19-16(24-20-15)12-6-8-22(9-7-12)17(23)21(2)3/h4-5,10,12H,6-9H2,1-3H3. The molecule has 1 aromatic carbocycles. The van der Waals surface area contributed by atoms with Crippen LogP contribution < -0.4 is 0 Å². The van der Waals surface area contributed by atoms with Crippen LogP contribution in [0.5, 0.6) is 0 Å². The smallest absolute Gasteiger partial charge is 0.319 e. The average Bonchev–Trinajstić information content (AvgIpc) is 3.07. The lowest BCUT2D eigenvalue weighted by Crippen LogP contribution is -2.43. The molecule has 128 valence electrons. The van der Waals surface area contributed by atoms with Gasteiger partial charge in [-0.3, -0.25) is 0 Å². The van der Waals surface area contributed by atoms with E-state index in [4.69, 9.17) is 4.52 Å². The van der Waals surface area contributed by atoms with E-state index >= 15 is 0 Å². The first-order valence-electron chi connectivity index (χ1n) is 8.02. The Bertz CT molecular complexity index is 736. The Morgan fingerprint density at radius 2 is 2.04 bits per heavy atom. The fourth-order valence-corrected chi connectivity index (χ4v) is 2.85. The predicted octanol–water partition coefficient (Wildman–Crippen LogP) is 3.05. The van der Waals surface area contributed by atoms with Gasteiger partial charge in [-0.05, 0) is 31.4 Å². The number of aromatic nitrogens is 2. The minimum absolute atomic E-state index is 0.0230. The maximum Gasteiger partial charge on any atom is 0.319 e. The third-order valence-electron chi connectivity index (χ3n) is 4.37. The minimum Gasteiger partial charge on any atom is -0.339 e. The highest BCUT2D eigenvalue weighted by Crippen LogP contribution is 2.29. The van der Waals surface area contributed by atoms with E-state index in [-0.39, 0.29) is 17.8 Å². The lowest BCUT2D eigenvalue weighted by molar-refractivity contribution is 0.152. The predicted molar refractivity (Wildman–Crippen MR) is 87.1 cm³/mol. The summed E-state index contributed by atoms with van der Waals surface area (Å²) in [5.74, 6) is 0.806. The van der Waals surface area contributed by atoms with Crippen LogP contribution in [0.4, 0.5) is 9.18 Å². The highest BCUT2D eigenvalue weighted by molar-refractivity contribution is 5.73. The second kappa shape index (κ2) is 6.59. The van der Waals surface area contributed by atoms with E-state index in [1.807, 2.05) is 4.90 Å². The van der Waals surface area contributed by atoms with Crippen molar-refractivity contribution < 1.29 is 13.7 Å². The van der Waals surface area contributed by atoms with Crippen LogP contribution in [0.1, 0.15) is 30.2 Å². The molecule has 0 atom stereocenters. The number of aryl methyl sites for hydroxylation is 1. The van der Waals surface area contributed by atoms with Gasteiger partial charge in [0.1, 0.15) is 5.82 Å². The van der Waals surface area contributed by atoms with Crippen LogP contribution in [0, 0.1) is 12.7 Å². The SMILES string of the molecule is Cc1ccc(-c2noc(C3CCN(C(=O)N(C)C)CC3)n2)cc1F. The molecular formula is C17H21FN4O2. The van der Waals surface area contributed by atoms with Gasteiger partial charge in [0.25, 0.3) is 0 Å². The van der Waals surface area contributed by atoms with Crippen LogP contribution in [0.2, 0.25) is 0 Å². The maximum atomic E-state index is 13.7. The Balaban J connectivity index is 1.68. The molecule has 0 bridgehead atoms. The third kappa shape index (κ3) is 3.25. The summed E-state index contributed by atoms with van der Waals surface area (Å²) in [6, 6.07) is 4.93. The molecule has 1 aliphatic rings. The molecule has 2 heterocycles. The molecule has 0 aliphatic carbocycles. The van der Waals surface area contributed by atoms with Gasteiger partial charge in [0.2, 0.25) is 11.7 Å². The van der Waals surface area contributed by atoms with Crippen molar-refractivity contribution in [3.05, 3.63) is 35.5 Å². The zero-order valence-corrected chi connectivity index (χ0v) is 14.1. The van der Waals surface area contributed by atoms with E-state index in [0.29, 0.717) is 35.9 Å². The van der Waals surface area contributed by atoms with Crippen LogP contribution >= 0.6 is 0 Å². The molecule has 0 saturated carbocycles. The van der Waals surface area contributed by atoms with E-state index in [2.05, 4.69) is 10.1 Å². The van der Waals surface area contributed by atoms with Gasteiger partial charge in [-0.15, -0.1) is 0 Å². The van der Waals surface area contributed by atoms with Crippen LogP contribution in [0.3, 0.4) is 0 Å². The second-order valence-corrected chi connectivity index (χ2v) is 6.36. The van der Waals surface area contributed by atoms with Crippen LogP contribution in [-0.2, 0) is 0 Å². The normalized spacial score (nSPS) is 15.6. The first kappa shape index (κ1) is 16.4. The summed E-state index contributed by atoms with van der Waals surface area (Å²) in [6.07, 6.45) is 1.56. The van der Waals surface area contributed by atoms with E-state index in [9.17, 15) is 9.18 Å². The fraction of sp³-hybridized carbons (Fsp3) is 0.471. The molecule has 0 spiro atoms. The molecule has 0 unspecified atom stereocenters. The molecule has 2 aromatic rings. The van der Waals surface area contributed by atoms with E-state index in [1.165, 1.54) is 6.07 Å². The Kier molecular flexibility index (Phi) is 4.51. The molecule has 24 heavy (non-hydrogen) atoms. The molecule has 1 aromatic heterocycles. The van der Waals surface area contributed by atoms with Crippen molar-refractivity contribution in [3.63, 3.8) is 0 Å². The average molecular weight is 332 g/mol. The first-order valence-corrected chi connectivity index (χ1v) is 8.02. The number of carbonyl (C=O) groups excluding carboxylic acids is 1. The largest absolute Gasteiger partial charge is 0.339 e. The number of rotatable bonds is 2. The maximum absolute atomic E-state index is 13.7. The van der Waals surface area contributed by atoms with Crippen molar-refractivity contribution in [2.24, 2.45) is 0 Å². The number of amides is 2. The van der Waals surface area contributed by atoms with Gasteiger partial charge in [0, 0.05) is 38.7 Å². The van der Waals surface area contributed by atoms with E-state index < -0.39 is 0 Å². The Morgan fingerprint density at radius 1 is 1.33 bits per heavy atom. The number of urea groups is 1. The van der Waals surface area contributed by atoms with Crippen LogP contribution in [0.15, 0.2) is 22.7 Å². The zero-order chi connectivity index (χ0) is 17.3. The molecule has 0 N–H and O–H groups in total. The minimum atomic E-state index is -0.283. The molecule has 2 amide bonds.